The molecule has 29 heavy (non-hydrogen) atoms. The van der Waals surface area contributed by atoms with Crippen LogP contribution < -0.4 is 10.1 Å². The number of nitrogens with zero attached hydrogens (tertiary/aromatic N) is 2. The van der Waals surface area contributed by atoms with E-state index in [9.17, 15) is 4.79 Å². The number of benzene rings is 1. The van der Waals surface area contributed by atoms with Crippen LogP contribution in [0, 0.1) is 0 Å². The molecule has 1 aliphatic heterocycles. The summed E-state index contributed by atoms with van der Waals surface area (Å²) in [4.78, 5) is 17.3. The molecule has 0 bridgehead atoms. The maximum absolute atomic E-state index is 12.5. The van der Waals surface area contributed by atoms with Gasteiger partial charge in [-0.1, -0.05) is 32.4 Å². The molecular weight excluding hydrogens is 362 g/mol. The van der Waals surface area contributed by atoms with Gasteiger partial charge in [-0.05, 0) is 82.9 Å². The van der Waals surface area contributed by atoms with Crippen LogP contribution in [0.25, 0.3) is 0 Å². The topological polar surface area (TPSA) is 44.8 Å². The van der Waals surface area contributed by atoms with Crippen molar-refractivity contribution >= 4 is 5.91 Å². The van der Waals surface area contributed by atoms with Crippen molar-refractivity contribution in [3.05, 3.63) is 29.8 Å². The third-order valence-electron chi connectivity index (χ3n) is 5.67. The van der Waals surface area contributed by atoms with Gasteiger partial charge in [-0.2, -0.15) is 0 Å². The van der Waals surface area contributed by atoms with Crippen molar-refractivity contribution < 1.29 is 9.53 Å². The van der Waals surface area contributed by atoms with Crippen LogP contribution in [0.1, 0.15) is 64.9 Å². The van der Waals surface area contributed by atoms with E-state index in [0.29, 0.717) is 6.54 Å². The molecule has 164 valence electrons. The van der Waals surface area contributed by atoms with Gasteiger partial charge in [0.15, 0.2) is 0 Å². The van der Waals surface area contributed by atoms with Gasteiger partial charge in [0.25, 0.3) is 0 Å². The van der Waals surface area contributed by atoms with Crippen LogP contribution in [-0.2, 0) is 11.3 Å². The van der Waals surface area contributed by atoms with E-state index in [1.165, 1.54) is 32.4 Å². The van der Waals surface area contributed by atoms with E-state index >= 15 is 0 Å². The first-order valence-corrected chi connectivity index (χ1v) is 11.6. The second kappa shape index (κ2) is 13.6. The van der Waals surface area contributed by atoms with E-state index in [1.54, 1.807) is 0 Å². The maximum Gasteiger partial charge on any atom is 0.237 e. The molecule has 0 spiro atoms. The predicted molar refractivity (Wildman–Crippen MR) is 120 cm³/mol. The molecule has 2 rings (SSSR count). The second-order valence-electron chi connectivity index (χ2n) is 8.18. The predicted octanol–water partition coefficient (Wildman–Crippen LogP) is 4.07. The quantitative estimate of drug-likeness (QED) is 0.504. The number of nitrogens with one attached hydrogen (secondary N) is 1. The fraction of sp³-hybridized carbons (Fsp3) is 0.708. The van der Waals surface area contributed by atoms with E-state index in [0.717, 1.165) is 56.8 Å². The largest absolute Gasteiger partial charge is 0.494 e. The van der Waals surface area contributed by atoms with Crippen molar-refractivity contribution in [2.75, 3.05) is 39.3 Å². The van der Waals surface area contributed by atoms with E-state index < -0.39 is 0 Å². The van der Waals surface area contributed by atoms with Crippen molar-refractivity contribution in [2.24, 2.45) is 0 Å². The summed E-state index contributed by atoms with van der Waals surface area (Å²) in [7, 11) is 0. The Morgan fingerprint density at radius 3 is 2.38 bits per heavy atom. The summed E-state index contributed by atoms with van der Waals surface area (Å²) >= 11 is 0. The van der Waals surface area contributed by atoms with Gasteiger partial charge in [0, 0.05) is 13.1 Å². The third-order valence-corrected chi connectivity index (χ3v) is 5.67. The smallest absolute Gasteiger partial charge is 0.237 e. The zero-order valence-electron chi connectivity index (χ0n) is 18.8. The number of rotatable bonds is 13. The minimum Gasteiger partial charge on any atom is -0.494 e. The van der Waals surface area contributed by atoms with Crippen molar-refractivity contribution in [2.45, 2.75) is 71.9 Å². The summed E-state index contributed by atoms with van der Waals surface area (Å²) in [6.45, 7) is 13.2. The molecule has 5 nitrogen and oxygen atoms in total. The molecule has 1 atom stereocenters. The minimum absolute atomic E-state index is 0.0857. The zero-order valence-corrected chi connectivity index (χ0v) is 18.8. The molecule has 0 unspecified atom stereocenters. The summed E-state index contributed by atoms with van der Waals surface area (Å²) in [5.74, 6) is 1.01. The van der Waals surface area contributed by atoms with Gasteiger partial charge in [-0.25, -0.2) is 0 Å². The Morgan fingerprint density at radius 2 is 1.76 bits per heavy atom. The Hall–Kier alpha value is -1.59. The molecule has 5 heteroatoms. The maximum atomic E-state index is 12.5. The molecule has 1 aromatic carbocycles. The molecular formula is C24H41N3O2. The Balaban J connectivity index is 1.67. The Bertz CT molecular complexity index is 564. The highest BCUT2D eigenvalue weighted by molar-refractivity contribution is 5.81. The number of carbonyl (C=O) groups excluding carboxylic acids is 1. The third kappa shape index (κ3) is 8.75. The van der Waals surface area contributed by atoms with Gasteiger partial charge in [0.05, 0.1) is 12.6 Å². The number of carbonyl (C=O) groups is 1. The second-order valence-corrected chi connectivity index (χ2v) is 8.18. The monoisotopic (exact) mass is 403 g/mol. The highest BCUT2D eigenvalue weighted by Gasteiger charge is 2.19. The van der Waals surface area contributed by atoms with Gasteiger partial charge in [-0.3, -0.25) is 9.69 Å². The molecule has 1 aromatic rings. The number of hydrogen-bond acceptors (Lipinski definition) is 4. The first-order chi connectivity index (χ1) is 14.1. The molecule has 1 fully saturated rings. The molecule has 1 aliphatic rings. The highest BCUT2D eigenvalue weighted by atomic mass is 16.5. The number of likely N-dealkylation sites (tertiary alicyclic amines) is 1. The van der Waals surface area contributed by atoms with E-state index in [2.05, 4.69) is 29.0 Å². The molecule has 0 radical (unpaired) electrons. The summed E-state index contributed by atoms with van der Waals surface area (Å²) in [6, 6.07) is 8.01. The highest BCUT2D eigenvalue weighted by Crippen LogP contribution is 2.13. The van der Waals surface area contributed by atoms with E-state index in [-0.39, 0.29) is 11.9 Å². The first-order valence-electron chi connectivity index (χ1n) is 11.6. The number of hydrogen-bond donors (Lipinski definition) is 1. The summed E-state index contributed by atoms with van der Waals surface area (Å²) < 4.78 is 5.88. The molecule has 0 aromatic heterocycles. The lowest BCUT2D eigenvalue weighted by Crippen LogP contribution is -2.45. The van der Waals surface area contributed by atoms with Crippen LogP contribution >= 0.6 is 0 Å². The molecule has 0 saturated carbocycles. The van der Waals surface area contributed by atoms with Crippen molar-refractivity contribution in [1.82, 2.24) is 15.1 Å². The van der Waals surface area contributed by atoms with Crippen LogP contribution in [0.3, 0.4) is 0 Å². The lowest BCUT2D eigenvalue weighted by Gasteiger charge is -2.27. The number of piperidine rings is 1. The Labute approximate surface area is 177 Å². The van der Waals surface area contributed by atoms with Crippen LogP contribution in [0.4, 0.5) is 0 Å². The fourth-order valence-corrected chi connectivity index (χ4v) is 3.94. The molecule has 1 N–H and O–H groups in total. The van der Waals surface area contributed by atoms with Gasteiger partial charge < -0.3 is 15.0 Å². The zero-order chi connectivity index (χ0) is 20.9. The number of ether oxygens (including phenoxy) is 1. The lowest BCUT2D eigenvalue weighted by molar-refractivity contribution is -0.126. The normalized spacial score (nSPS) is 16.0. The molecule has 0 aliphatic carbocycles. The van der Waals surface area contributed by atoms with Crippen LogP contribution in [0.2, 0.25) is 0 Å². The van der Waals surface area contributed by atoms with E-state index in [1.807, 2.05) is 31.2 Å². The average molecular weight is 404 g/mol. The van der Waals surface area contributed by atoms with Crippen molar-refractivity contribution in [1.29, 1.82) is 0 Å². The molecule has 1 amide bonds. The fourth-order valence-electron chi connectivity index (χ4n) is 3.94. The van der Waals surface area contributed by atoms with Crippen LogP contribution in [0.5, 0.6) is 5.75 Å². The van der Waals surface area contributed by atoms with Gasteiger partial charge in [0.2, 0.25) is 5.91 Å². The number of amides is 1. The Morgan fingerprint density at radius 1 is 1.10 bits per heavy atom. The van der Waals surface area contributed by atoms with Gasteiger partial charge >= 0.3 is 0 Å². The van der Waals surface area contributed by atoms with Crippen LogP contribution in [-0.4, -0.2) is 61.1 Å². The first kappa shape index (κ1) is 23.7. The molecule has 1 saturated heterocycles. The van der Waals surface area contributed by atoms with Gasteiger partial charge in [-0.15, -0.1) is 0 Å². The van der Waals surface area contributed by atoms with Gasteiger partial charge in [0.1, 0.15) is 5.75 Å². The summed E-state index contributed by atoms with van der Waals surface area (Å²) in [5, 5.41) is 3.08. The van der Waals surface area contributed by atoms with Crippen molar-refractivity contribution in [3.8, 4) is 5.75 Å². The van der Waals surface area contributed by atoms with Crippen molar-refractivity contribution in [3.63, 3.8) is 0 Å². The summed E-state index contributed by atoms with van der Waals surface area (Å²) in [6.07, 6.45) is 7.27. The lowest BCUT2D eigenvalue weighted by atomic mass is 10.1. The Kier molecular flexibility index (Phi) is 11.1. The summed E-state index contributed by atoms with van der Waals surface area (Å²) in [5.41, 5.74) is 1.10. The average Bonchev–Trinajstić information content (AvgIpc) is 2.76. The molecule has 1 heterocycles. The standard InChI is InChI=1S/C24H41N3O2/c1-4-14-27(15-5-2)21(3)24(28)25-20-22-10-12-23(13-11-22)29-19-9-18-26-16-7-6-8-17-26/h10-13,21H,4-9,14-20H2,1-3H3,(H,25,28)/t21-/m1/s1. The van der Waals surface area contributed by atoms with Crippen LogP contribution in [0.15, 0.2) is 24.3 Å². The minimum atomic E-state index is -0.0857. The van der Waals surface area contributed by atoms with E-state index in [4.69, 9.17) is 4.74 Å². The SMILES string of the molecule is CCCN(CCC)[C@H](C)C(=O)NCc1ccc(OCCCN2CCCCC2)cc1.